The first-order valence-electron chi connectivity index (χ1n) is 50.6. The number of benzene rings is 9. The van der Waals surface area contributed by atoms with Crippen LogP contribution in [0.15, 0.2) is 200 Å². The number of nitrogens with zero attached hydrogens (tertiary/aromatic N) is 4. The van der Waals surface area contributed by atoms with Gasteiger partial charge in [-0.3, -0.25) is 38.8 Å². The Kier molecular flexibility index (Phi) is 40.8. The highest BCUT2D eigenvalue weighted by Crippen LogP contribution is 2.50. The molecule has 0 saturated carbocycles. The normalized spacial score (nSPS) is 19.6. The molecule has 0 amide bonds. The lowest BCUT2D eigenvalue weighted by Crippen LogP contribution is -2.50. The van der Waals surface area contributed by atoms with Crippen LogP contribution < -0.4 is 0 Å². The largest absolute Gasteiger partial charge is 0.416 e. The van der Waals surface area contributed by atoms with E-state index < -0.39 is 114 Å². The predicted molar refractivity (Wildman–Crippen MR) is 533 cm³/mol. The molecular formula is C117H137F21N4O4. The third-order valence-electron chi connectivity index (χ3n) is 28.3. The van der Waals surface area contributed by atoms with Gasteiger partial charge in [0.25, 0.3) is 0 Å². The molecule has 4 heterocycles. The van der Waals surface area contributed by atoms with Crippen molar-refractivity contribution in [3.63, 3.8) is 0 Å². The number of Topliss-reactive ketones (excluding diaryl/α,β-unsaturated/α-hetero) is 4. The predicted octanol–water partition coefficient (Wildman–Crippen LogP) is 34.6. The molecule has 0 N–H and O–H groups in total. The highest BCUT2D eigenvalue weighted by molar-refractivity contribution is 5.86. The molecule has 0 radical (unpaired) electrons. The maximum Gasteiger partial charge on any atom is 0.416 e. The topological polar surface area (TPSA) is 81.2 Å². The number of likely N-dealkylation sites (tertiary alicyclic amines) is 4. The van der Waals surface area contributed by atoms with Crippen molar-refractivity contribution in [3.05, 3.63) is 273 Å². The van der Waals surface area contributed by atoms with Crippen molar-refractivity contribution < 1.29 is 111 Å². The first kappa shape index (κ1) is 118. The van der Waals surface area contributed by atoms with Gasteiger partial charge in [0.1, 0.15) is 41.3 Å². The molecule has 4 saturated heterocycles. The number of ketones is 4. The molecule has 29 heteroatoms. The zero-order valence-electron chi connectivity index (χ0n) is 85.6. The molecule has 0 aromatic heterocycles. The summed E-state index contributed by atoms with van der Waals surface area (Å²) in [5.41, 5.74) is 8.79. The molecule has 146 heavy (non-hydrogen) atoms. The van der Waals surface area contributed by atoms with E-state index in [1.807, 2.05) is 71.9 Å². The summed E-state index contributed by atoms with van der Waals surface area (Å²) in [6.07, 6.45) is -21.0. The van der Waals surface area contributed by atoms with Crippen molar-refractivity contribution >= 4 is 23.1 Å². The molecule has 796 valence electrons. The highest BCUT2D eigenvalue weighted by atomic mass is 19.4. The van der Waals surface area contributed by atoms with Gasteiger partial charge in [-0.15, -0.1) is 0 Å². The molecule has 9 aromatic carbocycles. The monoisotopic (exact) mass is 2060 g/mol. The molecule has 0 spiro atoms. The van der Waals surface area contributed by atoms with E-state index in [-0.39, 0.29) is 91.6 Å². The molecule has 0 bridgehead atoms. The zero-order valence-corrected chi connectivity index (χ0v) is 85.6. The van der Waals surface area contributed by atoms with Crippen LogP contribution in [-0.2, 0) is 56.8 Å². The summed E-state index contributed by atoms with van der Waals surface area (Å²) in [5.74, 6) is 0.357. The summed E-state index contributed by atoms with van der Waals surface area (Å²) < 4.78 is 283. The van der Waals surface area contributed by atoms with Gasteiger partial charge in [-0.2, -0.15) is 92.2 Å². The van der Waals surface area contributed by atoms with Crippen LogP contribution >= 0.6 is 0 Å². The fourth-order valence-corrected chi connectivity index (χ4v) is 20.9. The Balaban J connectivity index is 0.000000200. The van der Waals surface area contributed by atoms with Crippen molar-refractivity contribution in [3.8, 4) is 44.5 Å². The van der Waals surface area contributed by atoms with E-state index in [0.717, 1.165) is 110 Å². The van der Waals surface area contributed by atoms with Gasteiger partial charge >= 0.3 is 43.2 Å². The SMILES string of the molecule is CC(=O)C(CC(C)C)c1cc(-c2ccc(C(F)(F)F)cc2)cc(C2CCCC(C(F)(F)F)N2CCC(C)C)c1.CC(=O)C(CC(C)C)c1cc(-c2ccc(C(F)(F)F)cc2)cc(C2CCCC(C(F)(F)F)N2Cc2ccccc2)c1.CC(=O)C(CC(C)C)c1cc(-c2ccc(C(F)(F)F)cc2)cc(C2CCCCN2CCC(C)C)c1.CC(=O)Cc1cc(-c2ccc(C(F)(F)F)cc2)cc(C2CCCC(C(F)(F)F)N2C)c1. The smallest absolute Gasteiger partial charge is 0.300 e. The number of piperidine rings is 4. The number of carbonyl (C=O) groups is 4. The van der Waals surface area contributed by atoms with E-state index in [1.54, 1.807) is 84.6 Å². The highest BCUT2D eigenvalue weighted by Gasteiger charge is 2.51. The molecule has 4 aliphatic heterocycles. The minimum absolute atomic E-state index is 0.0122. The molecule has 10 unspecified atom stereocenters. The quantitative estimate of drug-likeness (QED) is 0.0412. The van der Waals surface area contributed by atoms with E-state index in [1.165, 1.54) is 86.0 Å². The summed E-state index contributed by atoms with van der Waals surface area (Å²) in [7, 11) is 1.44. The third kappa shape index (κ3) is 33.3. The minimum Gasteiger partial charge on any atom is -0.300 e. The second kappa shape index (κ2) is 50.6. The van der Waals surface area contributed by atoms with E-state index >= 15 is 0 Å². The lowest BCUT2D eigenvalue weighted by Gasteiger charge is -2.43. The van der Waals surface area contributed by atoms with Crippen molar-refractivity contribution in [2.45, 2.75) is 322 Å². The van der Waals surface area contributed by atoms with Gasteiger partial charge in [-0.25, -0.2) is 0 Å². The number of hydrogen-bond acceptors (Lipinski definition) is 8. The van der Waals surface area contributed by atoms with Crippen molar-refractivity contribution in [2.75, 3.05) is 26.7 Å². The Hall–Kier alpha value is -9.97. The molecule has 8 nitrogen and oxygen atoms in total. The summed E-state index contributed by atoms with van der Waals surface area (Å²) in [4.78, 5) is 56.8. The number of halogens is 21. The van der Waals surface area contributed by atoms with Crippen LogP contribution in [0, 0.1) is 29.6 Å². The van der Waals surface area contributed by atoms with E-state index in [9.17, 15) is 111 Å². The average Bonchev–Trinajstić information content (AvgIpc) is 0.734. The molecule has 10 atom stereocenters. The van der Waals surface area contributed by atoms with Crippen molar-refractivity contribution in [2.24, 2.45) is 29.6 Å². The Morgan fingerprint density at radius 3 is 0.938 bits per heavy atom. The van der Waals surface area contributed by atoms with Crippen molar-refractivity contribution in [1.29, 1.82) is 0 Å². The first-order valence-corrected chi connectivity index (χ1v) is 50.6. The zero-order chi connectivity index (χ0) is 108. The van der Waals surface area contributed by atoms with Gasteiger partial charge in [0.2, 0.25) is 0 Å². The van der Waals surface area contributed by atoms with Gasteiger partial charge in [0, 0.05) is 54.9 Å². The summed E-state index contributed by atoms with van der Waals surface area (Å²) >= 11 is 0. The Morgan fingerprint density at radius 2 is 0.610 bits per heavy atom. The minimum atomic E-state index is -4.49. The van der Waals surface area contributed by atoms with E-state index in [4.69, 9.17) is 0 Å². The van der Waals surface area contributed by atoms with Crippen LogP contribution in [0.2, 0.25) is 0 Å². The molecule has 9 aromatic rings. The average molecular weight is 2060 g/mol. The molecule has 13 rings (SSSR count). The number of hydrogen-bond donors (Lipinski definition) is 0. The second-order valence-electron chi connectivity index (χ2n) is 42.2. The van der Waals surface area contributed by atoms with E-state index in [2.05, 4.69) is 44.7 Å². The van der Waals surface area contributed by atoms with Gasteiger partial charge in [-0.1, -0.05) is 203 Å². The van der Waals surface area contributed by atoms with Gasteiger partial charge in [-0.05, 0) is 354 Å². The van der Waals surface area contributed by atoms with Crippen LogP contribution in [0.3, 0.4) is 0 Å². The van der Waals surface area contributed by atoms with Crippen molar-refractivity contribution in [1.82, 2.24) is 19.6 Å². The molecule has 4 aliphatic rings. The molecule has 0 aliphatic carbocycles. The summed E-state index contributed by atoms with van der Waals surface area (Å²) in [5, 5.41) is 0. The lowest BCUT2D eigenvalue weighted by molar-refractivity contribution is -0.201. The number of rotatable bonds is 30. The lowest BCUT2D eigenvalue weighted by atomic mass is 9.82. The van der Waals surface area contributed by atoms with Crippen LogP contribution in [0.5, 0.6) is 0 Å². The van der Waals surface area contributed by atoms with Crippen LogP contribution in [0.1, 0.15) is 320 Å². The summed E-state index contributed by atoms with van der Waals surface area (Å²) in [6, 6.07) is 44.8. The fourth-order valence-electron chi connectivity index (χ4n) is 20.9. The number of carbonyl (C=O) groups excluding carboxylic acids is 4. The second-order valence-corrected chi connectivity index (χ2v) is 42.2. The van der Waals surface area contributed by atoms with Gasteiger partial charge in [0.15, 0.2) is 0 Å². The number of alkyl halides is 21. The third-order valence-corrected chi connectivity index (χ3v) is 28.3. The van der Waals surface area contributed by atoms with Gasteiger partial charge < -0.3 is 0 Å². The summed E-state index contributed by atoms with van der Waals surface area (Å²) in [6.45, 7) is 29.2. The van der Waals surface area contributed by atoms with Crippen LogP contribution in [-0.4, -0.2) is 106 Å². The Morgan fingerprint density at radius 1 is 0.301 bits per heavy atom. The van der Waals surface area contributed by atoms with Crippen LogP contribution in [0.4, 0.5) is 92.2 Å². The fraction of sp³-hybridized carbons (Fsp3) is 0.504. The van der Waals surface area contributed by atoms with E-state index in [0.29, 0.717) is 136 Å². The Bertz CT molecular complexity index is 5720. The first-order chi connectivity index (χ1) is 68.1. The standard InChI is InChI=1S/C33H35F6NO.C31H39F6NO.C30H40F3NO.C23H23F6NO/c1-21(2)16-29(22(3)41)26-17-25(24-12-14-28(15-13-24)32(34,35)36)18-27(19-26)30-10-7-11-31(33(37,38)39)40(30)20-23-8-5-4-6-9-23;1-19(2)13-14-38-28(7-6-8-29(38)31(35,36)37)25-17-23(22-9-11-26(12-10-22)30(32,33)34)16-24(18-25)27(21(5)39)15-20(3)4;1-20(2)13-15-34-14-7-6-8-29(34)26-18-24(23-9-11-27(12-10-23)30(31,32)33)17-25(19-26)28(22(5)35)16-21(3)4;1-14(31)10-15-11-17(16-6-8-19(9-7-16)22(24,25)26)13-18(12-15)20-4-3-5-21(30(20)2)23(27,28)29/h4-6,8-9,12-15,17-19,21,29-31H,7,10-11,16,20H2,1-3H3;9-12,16-20,27-29H,6-8,13-15H2,1-5H3;9-12,17-21,28-29H,6-8,13-16H2,1-5H3;6-9,11-13,20-21H,3-5,10H2,1-2H3. The van der Waals surface area contributed by atoms with Gasteiger partial charge in [0.05, 0.1) is 22.3 Å². The Labute approximate surface area is 845 Å². The maximum atomic E-state index is 14.3. The van der Waals surface area contributed by atoms with Crippen LogP contribution in [0.25, 0.3) is 44.5 Å². The maximum absolute atomic E-state index is 14.3. The molecule has 4 fully saturated rings. The molecular weight excluding hydrogens is 1920 g/mol.